The SMILES string of the molecule is CCCN(CC1CC1)C(=O)CN1CCNCC1. The topological polar surface area (TPSA) is 35.6 Å². The molecule has 0 radical (unpaired) electrons. The molecule has 0 aromatic carbocycles. The Morgan fingerprint density at radius 1 is 1.35 bits per heavy atom. The third-order valence-corrected chi connectivity index (χ3v) is 3.59. The molecule has 0 unspecified atom stereocenters. The fourth-order valence-electron chi connectivity index (χ4n) is 2.36. The van der Waals surface area contributed by atoms with Gasteiger partial charge in [0.25, 0.3) is 0 Å². The molecule has 17 heavy (non-hydrogen) atoms. The normalized spacial score (nSPS) is 21.5. The predicted molar refractivity (Wildman–Crippen MR) is 68.9 cm³/mol. The van der Waals surface area contributed by atoms with Crippen molar-refractivity contribution in [3.8, 4) is 0 Å². The van der Waals surface area contributed by atoms with E-state index >= 15 is 0 Å². The van der Waals surface area contributed by atoms with Crippen LogP contribution in [0.2, 0.25) is 0 Å². The number of nitrogens with one attached hydrogen (secondary N) is 1. The van der Waals surface area contributed by atoms with Crippen molar-refractivity contribution in [3.63, 3.8) is 0 Å². The van der Waals surface area contributed by atoms with Crippen LogP contribution in [0.25, 0.3) is 0 Å². The van der Waals surface area contributed by atoms with Gasteiger partial charge in [0.2, 0.25) is 5.91 Å². The smallest absolute Gasteiger partial charge is 0.236 e. The van der Waals surface area contributed by atoms with Crippen molar-refractivity contribution < 1.29 is 4.79 Å². The summed E-state index contributed by atoms with van der Waals surface area (Å²) in [6.45, 7) is 8.75. The van der Waals surface area contributed by atoms with Crippen molar-refractivity contribution in [2.45, 2.75) is 26.2 Å². The number of hydrogen-bond donors (Lipinski definition) is 1. The molecule has 0 aromatic rings. The molecule has 98 valence electrons. The molecule has 1 N–H and O–H groups in total. The van der Waals surface area contributed by atoms with E-state index in [1.165, 1.54) is 12.8 Å². The van der Waals surface area contributed by atoms with Crippen molar-refractivity contribution >= 4 is 5.91 Å². The van der Waals surface area contributed by atoms with E-state index in [2.05, 4.69) is 22.0 Å². The van der Waals surface area contributed by atoms with Crippen molar-refractivity contribution in [1.29, 1.82) is 0 Å². The van der Waals surface area contributed by atoms with Gasteiger partial charge in [-0.15, -0.1) is 0 Å². The zero-order valence-corrected chi connectivity index (χ0v) is 11.0. The van der Waals surface area contributed by atoms with Crippen molar-refractivity contribution in [2.75, 3.05) is 45.8 Å². The Hall–Kier alpha value is -0.610. The molecule has 0 aromatic heterocycles. The first-order chi connectivity index (χ1) is 8.29. The van der Waals surface area contributed by atoms with E-state index in [-0.39, 0.29) is 0 Å². The first kappa shape index (κ1) is 12.8. The number of nitrogens with zero attached hydrogens (tertiary/aromatic N) is 2. The molecule has 2 fully saturated rings. The van der Waals surface area contributed by atoms with Gasteiger partial charge >= 0.3 is 0 Å². The van der Waals surface area contributed by atoms with Gasteiger partial charge in [-0.3, -0.25) is 9.69 Å². The summed E-state index contributed by atoms with van der Waals surface area (Å²) in [5, 5.41) is 3.32. The largest absolute Gasteiger partial charge is 0.341 e. The van der Waals surface area contributed by atoms with Crippen molar-refractivity contribution in [2.24, 2.45) is 5.92 Å². The zero-order valence-electron chi connectivity index (χ0n) is 11.0. The minimum atomic E-state index is 0.334. The Morgan fingerprint density at radius 2 is 2.06 bits per heavy atom. The Morgan fingerprint density at radius 3 is 2.65 bits per heavy atom. The summed E-state index contributed by atoms with van der Waals surface area (Å²) < 4.78 is 0. The van der Waals surface area contributed by atoms with Crippen LogP contribution in [-0.4, -0.2) is 61.5 Å². The van der Waals surface area contributed by atoms with E-state index in [1.54, 1.807) is 0 Å². The summed E-state index contributed by atoms with van der Waals surface area (Å²) in [7, 11) is 0. The van der Waals surface area contributed by atoms with Gasteiger partial charge in [0, 0.05) is 39.3 Å². The Balaban J connectivity index is 1.77. The maximum absolute atomic E-state index is 12.2. The number of carbonyl (C=O) groups excluding carboxylic acids is 1. The molecule has 1 aliphatic carbocycles. The molecule has 2 aliphatic rings. The van der Waals surface area contributed by atoms with Crippen molar-refractivity contribution in [1.82, 2.24) is 15.1 Å². The number of carbonyl (C=O) groups is 1. The van der Waals surface area contributed by atoms with Gasteiger partial charge in [0.05, 0.1) is 6.54 Å². The molecule has 1 saturated heterocycles. The third-order valence-electron chi connectivity index (χ3n) is 3.59. The molecule has 4 heteroatoms. The quantitative estimate of drug-likeness (QED) is 0.735. The van der Waals surface area contributed by atoms with Crippen LogP contribution < -0.4 is 5.32 Å². The van der Waals surface area contributed by atoms with Crippen LogP contribution in [0.15, 0.2) is 0 Å². The average molecular weight is 239 g/mol. The number of rotatable bonds is 6. The minimum absolute atomic E-state index is 0.334. The van der Waals surface area contributed by atoms with Gasteiger partial charge in [0.15, 0.2) is 0 Å². The van der Waals surface area contributed by atoms with E-state index in [1.807, 2.05) is 0 Å². The van der Waals surface area contributed by atoms with E-state index < -0.39 is 0 Å². The lowest BCUT2D eigenvalue weighted by Crippen LogP contribution is -2.48. The lowest BCUT2D eigenvalue weighted by molar-refractivity contribution is -0.132. The van der Waals surface area contributed by atoms with E-state index in [9.17, 15) is 4.79 Å². The zero-order chi connectivity index (χ0) is 12.1. The summed E-state index contributed by atoms with van der Waals surface area (Å²) in [6.07, 6.45) is 3.71. The average Bonchev–Trinajstić information content (AvgIpc) is 3.14. The van der Waals surface area contributed by atoms with Crippen LogP contribution in [0.1, 0.15) is 26.2 Å². The highest BCUT2D eigenvalue weighted by atomic mass is 16.2. The van der Waals surface area contributed by atoms with Gasteiger partial charge in [-0.2, -0.15) is 0 Å². The summed E-state index contributed by atoms with van der Waals surface area (Å²) >= 11 is 0. The fraction of sp³-hybridized carbons (Fsp3) is 0.923. The maximum atomic E-state index is 12.2. The second-order valence-electron chi connectivity index (χ2n) is 5.31. The van der Waals surface area contributed by atoms with E-state index in [4.69, 9.17) is 0 Å². The standard InChI is InChI=1S/C13H25N3O/c1-2-7-16(10-12-3-4-12)13(17)11-15-8-5-14-6-9-15/h12,14H,2-11H2,1H3. The molecule has 0 spiro atoms. The molecular formula is C13H25N3O. The number of piperazine rings is 1. The van der Waals surface area contributed by atoms with Crippen LogP contribution >= 0.6 is 0 Å². The first-order valence-electron chi connectivity index (χ1n) is 7.00. The lowest BCUT2D eigenvalue weighted by Gasteiger charge is -2.30. The highest BCUT2D eigenvalue weighted by molar-refractivity contribution is 5.78. The van der Waals surface area contributed by atoms with Crippen LogP contribution in [0.3, 0.4) is 0 Å². The van der Waals surface area contributed by atoms with Gasteiger partial charge < -0.3 is 10.2 Å². The molecule has 1 amide bonds. The highest BCUT2D eigenvalue weighted by Crippen LogP contribution is 2.29. The van der Waals surface area contributed by atoms with Crippen LogP contribution in [0.4, 0.5) is 0 Å². The lowest BCUT2D eigenvalue weighted by atomic mass is 10.3. The predicted octanol–water partition coefficient (Wildman–Crippen LogP) is 0.540. The first-order valence-corrected chi connectivity index (χ1v) is 7.00. The molecular weight excluding hydrogens is 214 g/mol. The van der Waals surface area contributed by atoms with Gasteiger partial charge in [-0.05, 0) is 25.2 Å². The summed E-state index contributed by atoms with van der Waals surface area (Å²) in [5.41, 5.74) is 0. The van der Waals surface area contributed by atoms with Gasteiger partial charge in [-0.1, -0.05) is 6.92 Å². The van der Waals surface area contributed by atoms with E-state index in [0.29, 0.717) is 12.5 Å². The minimum Gasteiger partial charge on any atom is -0.341 e. The Bertz CT molecular complexity index is 247. The van der Waals surface area contributed by atoms with Gasteiger partial charge in [-0.25, -0.2) is 0 Å². The molecule has 0 atom stereocenters. The van der Waals surface area contributed by atoms with Crippen molar-refractivity contribution in [3.05, 3.63) is 0 Å². The molecule has 2 rings (SSSR count). The van der Waals surface area contributed by atoms with Crippen LogP contribution in [0.5, 0.6) is 0 Å². The van der Waals surface area contributed by atoms with E-state index in [0.717, 1.165) is 51.6 Å². The monoisotopic (exact) mass is 239 g/mol. The second kappa shape index (κ2) is 6.36. The Kier molecular flexibility index (Phi) is 4.80. The second-order valence-corrected chi connectivity index (χ2v) is 5.31. The Labute approximate surface area is 104 Å². The molecule has 1 aliphatic heterocycles. The summed E-state index contributed by atoms with van der Waals surface area (Å²) in [6, 6.07) is 0. The molecule has 1 saturated carbocycles. The number of hydrogen-bond acceptors (Lipinski definition) is 3. The third kappa shape index (κ3) is 4.28. The molecule has 4 nitrogen and oxygen atoms in total. The fourth-order valence-corrected chi connectivity index (χ4v) is 2.36. The molecule has 0 bridgehead atoms. The van der Waals surface area contributed by atoms with Gasteiger partial charge in [0.1, 0.15) is 0 Å². The van der Waals surface area contributed by atoms with Crippen LogP contribution in [-0.2, 0) is 4.79 Å². The number of amides is 1. The molecule has 1 heterocycles. The highest BCUT2D eigenvalue weighted by Gasteiger charge is 2.27. The van der Waals surface area contributed by atoms with Crippen LogP contribution in [0, 0.1) is 5.92 Å². The maximum Gasteiger partial charge on any atom is 0.236 e. The summed E-state index contributed by atoms with van der Waals surface area (Å²) in [4.78, 5) is 16.6. The summed E-state index contributed by atoms with van der Waals surface area (Å²) in [5.74, 6) is 1.13.